The van der Waals surface area contributed by atoms with Crippen LogP contribution in [-0.2, 0) is 4.79 Å². The van der Waals surface area contributed by atoms with Gasteiger partial charge in [-0.15, -0.1) is 0 Å². The number of rotatable bonds is 3. The first-order valence-electron chi connectivity index (χ1n) is 5.72. The van der Waals surface area contributed by atoms with Crippen molar-refractivity contribution in [2.45, 2.75) is 19.3 Å². The monoisotopic (exact) mass is 212 g/mol. The number of carboxylic acids is 1. The van der Waals surface area contributed by atoms with Crippen molar-refractivity contribution in [2.75, 3.05) is 39.8 Å². The van der Waals surface area contributed by atoms with Crippen LogP contribution in [0.3, 0.4) is 0 Å². The Morgan fingerprint density at radius 3 is 2.47 bits per heavy atom. The zero-order valence-electron chi connectivity index (χ0n) is 9.41. The molecule has 86 valence electrons. The van der Waals surface area contributed by atoms with Crippen LogP contribution in [0.4, 0.5) is 0 Å². The fraction of sp³-hybridized carbons (Fsp3) is 0.909. The van der Waals surface area contributed by atoms with Gasteiger partial charge in [0, 0.05) is 19.6 Å². The second-order valence-electron chi connectivity index (χ2n) is 5.16. The minimum atomic E-state index is -0.681. The molecule has 0 aromatic carbocycles. The Morgan fingerprint density at radius 1 is 1.33 bits per heavy atom. The predicted octanol–water partition coefficient (Wildman–Crippen LogP) is 0.489. The molecule has 15 heavy (non-hydrogen) atoms. The van der Waals surface area contributed by atoms with E-state index < -0.39 is 5.97 Å². The van der Waals surface area contributed by atoms with E-state index in [1.807, 2.05) is 0 Å². The second-order valence-corrected chi connectivity index (χ2v) is 5.16. The maximum absolute atomic E-state index is 10.4. The van der Waals surface area contributed by atoms with Gasteiger partial charge in [-0.2, -0.15) is 0 Å². The Labute approximate surface area is 90.9 Å². The van der Waals surface area contributed by atoms with E-state index in [1.165, 1.54) is 25.9 Å². The number of carboxylic acid groups (broad SMARTS) is 1. The van der Waals surface area contributed by atoms with Crippen molar-refractivity contribution in [1.82, 2.24) is 9.80 Å². The van der Waals surface area contributed by atoms with E-state index in [9.17, 15) is 4.79 Å². The van der Waals surface area contributed by atoms with Crippen LogP contribution >= 0.6 is 0 Å². The van der Waals surface area contributed by atoms with Gasteiger partial charge < -0.3 is 14.9 Å². The quantitative estimate of drug-likeness (QED) is 0.739. The summed E-state index contributed by atoms with van der Waals surface area (Å²) in [6, 6.07) is 0. The van der Waals surface area contributed by atoms with Crippen LogP contribution in [0.2, 0.25) is 0 Å². The van der Waals surface area contributed by atoms with E-state index in [4.69, 9.17) is 5.11 Å². The van der Waals surface area contributed by atoms with Gasteiger partial charge in [0.25, 0.3) is 0 Å². The van der Waals surface area contributed by atoms with Crippen molar-refractivity contribution >= 4 is 5.97 Å². The Morgan fingerprint density at radius 2 is 1.93 bits per heavy atom. The molecule has 0 saturated carbocycles. The molecule has 2 aliphatic rings. The first-order valence-corrected chi connectivity index (χ1v) is 5.72. The van der Waals surface area contributed by atoms with Gasteiger partial charge in [-0.05, 0) is 38.4 Å². The summed E-state index contributed by atoms with van der Waals surface area (Å²) in [5.74, 6) is -0.681. The molecule has 0 aromatic rings. The molecule has 0 amide bonds. The fourth-order valence-corrected chi connectivity index (χ4v) is 2.72. The van der Waals surface area contributed by atoms with Crippen LogP contribution in [0, 0.1) is 5.41 Å². The molecule has 1 N–H and O–H groups in total. The summed E-state index contributed by atoms with van der Waals surface area (Å²) in [6.45, 7) is 5.37. The first-order chi connectivity index (χ1) is 7.10. The van der Waals surface area contributed by atoms with E-state index >= 15 is 0 Å². The van der Waals surface area contributed by atoms with E-state index in [0.29, 0.717) is 5.41 Å². The van der Waals surface area contributed by atoms with Crippen molar-refractivity contribution in [3.05, 3.63) is 0 Å². The molecule has 0 aromatic heterocycles. The van der Waals surface area contributed by atoms with Gasteiger partial charge in [0.1, 0.15) is 0 Å². The smallest absolute Gasteiger partial charge is 0.304 e. The molecule has 0 unspecified atom stereocenters. The molecule has 2 heterocycles. The number of aliphatic carboxylic acids is 1. The molecule has 4 nitrogen and oxygen atoms in total. The molecule has 0 atom stereocenters. The van der Waals surface area contributed by atoms with E-state index in [-0.39, 0.29) is 6.42 Å². The van der Waals surface area contributed by atoms with Crippen LogP contribution in [0.15, 0.2) is 0 Å². The summed E-state index contributed by atoms with van der Waals surface area (Å²) in [5, 5.41) is 8.59. The third kappa shape index (κ3) is 2.49. The highest BCUT2D eigenvalue weighted by Gasteiger charge is 2.43. The van der Waals surface area contributed by atoms with Crippen LogP contribution < -0.4 is 0 Å². The average molecular weight is 212 g/mol. The fourth-order valence-electron chi connectivity index (χ4n) is 2.72. The molecule has 1 spiro atoms. The number of hydrogen-bond acceptors (Lipinski definition) is 3. The maximum atomic E-state index is 10.4. The topological polar surface area (TPSA) is 43.8 Å². The van der Waals surface area contributed by atoms with Gasteiger partial charge in [-0.1, -0.05) is 0 Å². The van der Waals surface area contributed by atoms with Gasteiger partial charge >= 0.3 is 5.97 Å². The van der Waals surface area contributed by atoms with Crippen molar-refractivity contribution in [3.63, 3.8) is 0 Å². The standard InChI is InChI=1S/C11H20N2O2/c1-12-6-3-11(4-7-12)8-13(9-11)5-2-10(14)15/h2-9H2,1H3,(H,14,15). The van der Waals surface area contributed by atoms with Gasteiger partial charge in [0.15, 0.2) is 0 Å². The van der Waals surface area contributed by atoms with Crippen molar-refractivity contribution < 1.29 is 9.90 Å². The predicted molar refractivity (Wildman–Crippen MR) is 57.9 cm³/mol. The number of likely N-dealkylation sites (tertiary alicyclic amines) is 2. The van der Waals surface area contributed by atoms with Gasteiger partial charge in [0.05, 0.1) is 6.42 Å². The van der Waals surface area contributed by atoms with Crippen molar-refractivity contribution in [2.24, 2.45) is 5.41 Å². The largest absolute Gasteiger partial charge is 0.481 e. The molecule has 4 heteroatoms. The molecular weight excluding hydrogens is 192 g/mol. The summed E-state index contributed by atoms with van der Waals surface area (Å²) in [4.78, 5) is 15.1. The molecule has 2 saturated heterocycles. The molecule has 2 aliphatic heterocycles. The summed E-state index contributed by atoms with van der Waals surface area (Å²) >= 11 is 0. The minimum absolute atomic E-state index is 0.288. The van der Waals surface area contributed by atoms with Crippen LogP contribution in [0.1, 0.15) is 19.3 Å². The zero-order chi connectivity index (χ0) is 10.9. The summed E-state index contributed by atoms with van der Waals surface area (Å²) < 4.78 is 0. The summed E-state index contributed by atoms with van der Waals surface area (Å²) in [7, 11) is 2.17. The SMILES string of the molecule is CN1CCC2(CC1)CN(CCC(=O)O)C2. The van der Waals surface area contributed by atoms with Gasteiger partial charge in [-0.25, -0.2) is 0 Å². The molecule has 0 bridgehead atoms. The third-order valence-electron chi connectivity index (χ3n) is 3.81. The maximum Gasteiger partial charge on any atom is 0.304 e. The van der Waals surface area contributed by atoms with Crippen molar-refractivity contribution in [1.29, 1.82) is 0 Å². The third-order valence-corrected chi connectivity index (χ3v) is 3.81. The normalized spacial score (nSPS) is 26.5. The first kappa shape index (κ1) is 10.9. The van der Waals surface area contributed by atoms with Crippen LogP contribution in [0.25, 0.3) is 0 Å². The molecule has 0 radical (unpaired) electrons. The molecule has 0 aliphatic carbocycles. The number of hydrogen-bond donors (Lipinski definition) is 1. The zero-order valence-corrected chi connectivity index (χ0v) is 9.41. The van der Waals surface area contributed by atoms with Gasteiger partial charge in [-0.3, -0.25) is 4.79 Å². The van der Waals surface area contributed by atoms with E-state index in [2.05, 4.69) is 16.8 Å². The van der Waals surface area contributed by atoms with Gasteiger partial charge in [0.2, 0.25) is 0 Å². The second kappa shape index (κ2) is 4.10. The van der Waals surface area contributed by atoms with E-state index in [0.717, 1.165) is 19.6 Å². The lowest BCUT2D eigenvalue weighted by Gasteiger charge is -2.53. The number of nitrogens with zero attached hydrogens (tertiary/aromatic N) is 2. The summed E-state index contributed by atoms with van der Waals surface area (Å²) in [5.41, 5.74) is 0.533. The lowest BCUT2D eigenvalue weighted by molar-refractivity contribution is -0.138. The number of piperidine rings is 1. The number of carbonyl (C=O) groups is 1. The Balaban J connectivity index is 1.70. The Kier molecular flexibility index (Phi) is 2.98. The Hall–Kier alpha value is -0.610. The summed E-state index contributed by atoms with van der Waals surface area (Å²) in [6.07, 6.45) is 2.86. The lowest BCUT2D eigenvalue weighted by Crippen LogP contribution is -2.60. The molecule has 2 rings (SSSR count). The Bertz CT molecular complexity index is 239. The molecular formula is C11H20N2O2. The van der Waals surface area contributed by atoms with E-state index in [1.54, 1.807) is 0 Å². The lowest BCUT2D eigenvalue weighted by atomic mass is 9.72. The van der Waals surface area contributed by atoms with Crippen molar-refractivity contribution in [3.8, 4) is 0 Å². The highest BCUT2D eigenvalue weighted by atomic mass is 16.4. The van der Waals surface area contributed by atoms with Crippen LogP contribution in [0.5, 0.6) is 0 Å². The highest BCUT2D eigenvalue weighted by Crippen LogP contribution is 2.39. The highest BCUT2D eigenvalue weighted by molar-refractivity contribution is 5.66. The minimum Gasteiger partial charge on any atom is -0.481 e. The molecule has 2 fully saturated rings. The van der Waals surface area contributed by atoms with Crippen LogP contribution in [-0.4, -0.2) is 60.6 Å². The average Bonchev–Trinajstić information content (AvgIpc) is 2.14.